The molecule has 0 saturated carbocycles. The number of nitrogens with one attached hydrogen (secondary N) is 1. The fourth-order valence-corrected chi connectivity index (χ4v) is 2.68. The second-order valence-corrected chi connectivity index (χ2v) is 4.66. The molecule has 2 rings (SSSR count). The highest BCUT2D eigenvalue weighted by Gasteiger charge is 2.32. The van der Waals surface area contributed by atoms with Gasteiger partial charge in [-0.3, -0.25) is 4.79 Å². The van der Waals surface area contributed by atoms with Crippen LogP contribution in [-0.4, -0.2) is 25.5 Å². The molecule has 1 aliphatic rings. The van der Waals surface area contributed by atoms with E-state index in [0.717, 1.165) is 18.7 Å². The summed E-state index contributed by atoms with van der Waals surface area (Å²) in [4.78, 5) is 14.3. The van der Waals surface area contributed by atoms with E-state index in [1.165, 1.54) is 5.56 Å². The molecule has 0 saturated heterocycles. The third-order valence-electron chi connectivity index (χ3n) is 3.55. The first kappa shape index (κ1) is 12.1. The number of nitrogens with zero attached hydrogens (tertiary/aromatic N) is 1. The van der Waals surface area contributed by atoms with E-state index in [-0.39, 0.29) is 11.9 Å². The van der Waals surface area contributed by atoms with Crippen LogP contribution in [0.5, 0.6) is 0 Å². The summed E-state index contributed by atoms with van der Waals surface area (Å²) in [6.07, 6.45) is 0.948. The molecule has 0 bridgehead atoms. The lowest BCUT2D eigenvalue weighted by molar-refractivity contribution is -0.121. The van der Waals surface area contributed by atoms with Crippen molar-refractivity contribution < 1.29 is 4.79 Å². The zero-order chi connectivity index (χ0) is 12.4. The van der Waals surface area contributed by atoms with E-state index in [2.05, 4.69) is 18.3 Å². The summed E-state index contributed by atoms with van der Waals surface area (Å²) in [7, 11) is 1.86. The second-order valence-electron chi connectivity index (χ2n) is 4.66. The van der Waals surface area contributed by atoms with Crippen LogP contribution in [0.15, 0.2) is 24.3 Å². The molecule has 1 N–H and O–H groups in total. The van der Waals surface area contributed by atoms with Crippen molar-refractivity contribution in [2.75, 3.05) is 18.5 Å². The van der Waals surface area contributed by atoms with Gasteiger partial charge in [-0.2, -0.15) is 0 Å². The number of hydrogen-bond donors (Lipinski definition) is 1. The Labute approximate surface area is 103 Å². The number of carbonyl (C=O) groups is 1. The van der Waals surface area contributed by atoms with Crippen LogP contribution in [0.2, 0.25) is 0 Å². The lowest BCUT2D eigenvalue weighted by atomic mass is 9.95. The van der Waals surface area contributed by atoms with Crippen LogP contribution in [0, 0.1) is 5.92 Å². The molecule has 0 spiro atoms. The van der Waals surface area contributed by atoms with Gasteiger partial charge < -0.3 is 10.2 Å². The number of amides is 1. The van der Waals surface area contributed by atoms with Gasteiger partial charge in [0.1, 0.15) is 0 Å². The lowest BCUT2D eigenvalue weighted by Gasteiger charge is -2.25. The van der Waals surface area contributed by atoms with Crippen LogP contribution in [0.25, 0.3) is 0 Å². The molecule has 3 nitrogen and oxygen atoms in total. The molecule has 1 amide bonds. The molecular weight excluding hydrogens is 212 g/mol. The van der Waals surface area contributed by atoms with Crippen LogP contribution in [-0.2, 0) is 11.2 Å². The summed E-state index contributed by atoms with van der Waals surface area (Å²) in [6.45, 7) is 4.88. The first-order valence-electron chi connectivity index (χ1n) is 6.25. The number of hydrogen-bond acceptors (Lipinski definition) is 2. The number of likely N-dealkylation sites (N-methyl/N-ethyl adjacent to an activating group) is 2. The third-order valence-corrected chi connectivity index (χ3v) is 3.55. The SMILES string of the molecule is CCN1C(=O)C(NC)C(C)Cc2ccccc21. The maximum atomic E-state index is 12.4. The van der Waals surface area contributed by atoms with Crippen LogP contribution in [0.1, 0.15) is 19.4 Å². The van der Waals surface area contributed by atoms with Gasteiger partial charge in [0, 0.05) is 12.2 Å². The number of anilines is 1. The minimum Gasteiger partial charge on any atom is -0.311 e. The van der Waals surface area contributed by atoms with Gasteiger partial charge in [-0.15, -0.1) is 0 Å². The third kappa shape index (κ3) is 2.07. The van der Waals surface area contributed by atoms with E-state index in [9.17, 15) is 4.79 Å². The van der Waals surface area contributed by atoms with Crippen LogP contribution in [0.3, 0.4) is 0 Å². The highest BCUT2D eigenvalue weighted by molar-refractivity contribution is 5.98. The van der Waals surface area contributed by atoms with Crippen LogP contribution in [0.4, 0.5) is 5.69 Å². The van der Waals surface area contributed by atoms with Gasteiger partial charge in [-0.05, 0) is 37.9 Å². The van der Waals surface area contributed by atoms with Gasteiger partial charge in [-0.25, -0.2) is 0 Å². The van der Waals surface area contributed by atoms with E-state index in [4.69, 9.17) is 0 Å². The van der Waals surface area contributed by atoms with Gasteiger partial charge in [-0.1, -0.05) is 25.1 Å². The van der Waals surface area contributed by atoms with Gasteiger partial charge in [0.25, 0.3) is 0 Å². The van der Waals surface area contributed by atoms with Crippen molar-refractivity contribution in [2.24, 2.45) is 5.92 Å². The normalized spacial score (nSPS) is 24.4. The second kappa shape index (κ2) is 4.88. The van der Waals surface area contributed by atoms with Crippen molar-refractivity contribution in [3.63, 3.8) is 0 Å². The molecule has 17 heavy (non-hydrogen) atoms. The molecule has 1 heterocycles. The average Bonchev–Trinajstić information content (AvgIpc) is 2.42. The molecule has 3 heteroatoms. The fraction of sp³-hybridized carbons (Fsp3) is 0.500. The summed E-state index contributed by atoms with van der Waals surface area (Å²) in [5.74, 6) is 0.512. The first-order valence-corrected chi connectivity index (χ1v) is 6.25. The fourth-order valence-electron chi connectivity index (χ4n) is 2.68. The van der Waals surface area contributed by atoms with Crippen molar-refractivity contribution in [3.05, 3.63) is 29.8 Å². The zero-order valence-electron chi connectivity index (χ0n) is 10.7. The van der Waals surface area contributed by atoms with Crippen LogP contribution < -0.4 is 10.2 Å². The summed E-state index contributed by atoms with van der Waals surface area (Å²) < 4.78 is 0. The highest BCUT2D eigenvalue weighted by Crippen LogP contribution is 2.29. The molecular formula is C14H20N2O. The molecule has 1 aromatic rings. The minimum absolute atomic E-state index is 0.0812. The van der Waals surface area contributed by atoms with Crippen molar-refractivity contribution in [3.8, 4) is 0 Å². The van der Waals surface area contributed by atoms with Crippen molar-refractivity contribution in [1.82, 2.24) is 5.32 Å². The number of carbonyl (C=O) groups excluding carboxylic acids is 1. The Bertz CT molecular complexity index is 416. The van der Waals surface area contributed by atoms with Gasteiger partial charge >= 0.3 is 0 Å². The van der Waals surface area contributed by atoms with Gasteiger partial charge in [0.15, 0.2) is 0 Å². The van der Waals surface area contributed by atoms with E-state index in [0.29, 0.717) is 5.92 Å². The van der Waals surface area contributed by atoms with Crippen LogP contribution >= 0.6 is 0 Å². The molecule has 0 aromatic heterocycles. The highest BCUT2D eigenvalue weighted by atomic mass is 16.2. The van der Waals surface area contributed by atoms with Gasteiger partial charge in [0.2, 0.25) is 5.91 Å². The Morgan fingerprint density at radius 2 is 2.12 bits per heavy atom. The maximum Gasteiger partial charge on any atom is 0.244 e. The number of para-hydroxylation sites is 1. The van der Waals surface area contributed by atoms with Gasteiger partial charge in [0.05, 0.1) is 6.04 Å². The van der Waals surface area contributed by atoms with E-state index in [1.807, 2.05) is 37.1 Å². The Morgan fingerprint density at radius 3 is 2.76 bits per heavy atom. The Morgan fingerprint density at radius 1 is 1.41 bits per heavy atom. The molecule has 0 fully saturated rings. The van der Waals surface area contributed by atoms with Crippen molar-refractivity contribution in [2.45, 2.75) is 26.3 Å². The van der Waals surface area contributed by atoms with E-state index in [1.54, 1.807) is 0 Å². The molecule has 92 valence electrons. The molecule has 1 aliphatic heterocycles. The predicted molar refractivity (Wildman–Crippen MR) is 70.2 cm³/mol. The molecule has 0 radical (unpaired) electrons. The largest absolute Gasteiger partial charge is 0.311 e. The summed E-state index contributed by atoms with van der Waals surface area (Å²) in [5, 5.41) is 3.15. The summed E-state index contributed by atoms with van der Waals surface area (Å²) in [5.41, 5.74) is 2.34. The smallest absolute Gasteiger partial charge is 0.244 e. The van der Waals surface area contributed by atoms with Crippen molar-refractivity contribution in [1.29, 1.82) is 0 Å². The number of benzene rings is 1. The number of rotatable bonds is 2. The maximum absolute atomic E-state index is 12.4. The summed E-state index contributed by atoms with van der Waals surface area (Å²) >= 11 is 0. The summed E-state index contributed by atoms with van der Waals surface area (Å²) in [6, 6.07) is 8.13. The molecule has 1 aromatic carbocycles. The predicted octanol–water partition coefficient (Wildman–Crippen LogP) is 1.82. The minimum atomic E-state index is -0.0812. The Hall–Kier alpha value is -1.35. The molecule has 2 atom stereocenters. The van der Waals surface area contributed by atoms with Crippen molar-refractivity contribution >= 4 is 11.6 Å². The topological polar surface area (TPSA) is 32.3 Å². The monoisotopic (exact) mass is 232 g/mol. The molecule has 2 unspecified atom stereocenters. The first-order chi connectivity index (χ1) is 8.19. The molecule has 0 aliphatic carbocycles. The lowest BCUT2D eigenvalue weighted by Crippen LogP contribution is -2.47. The zero-order valence-corrected chi connectivity index (χ0v) is 10.7. The van der Waals surface area contributed by atoms with E-state index < -0.39 is 0 Å². The Kier molecular flexibility index (Phi) is 3.48. The number of fused-ring (bicyclic) bond motifs is 1. The standard InChI is InChI=1S/C14H20N2O/c1-4-16-12-8-6-5-7-11(12)9-10(2)13(15-3)14(16)17/h5-8,10,13,15H,4,9H2,1-3H3. The van der Waals surface area contributed by atoms with E-state index >= 15 is 0 Å². The average molecular weight is 232 g/mol. The Balaban J connectivity index is 2.47. The quantitative estimate of drug-likeness (QED) is 0.843.